The Balaban J connectivity index is 1.46. The number of benzene rings is 3. The van der Waals surface area contributed by atoms with Crippen LogP contribution >= 0.6 is 12.2 Å². The van der Waals surface area contributed by atoms with Crippen LogP contribution in [0.4, 0.5) is 5.69 Å². The molecular weight excluding hydrogens is 476 g/mol. The molecule has 1 aliphatic heterocycles. The summed E-state index contributed by atoms with van der Waals surface area (Å²) in [5, 5.41) is 3.35. The summed E-state index contributed by atoms with van der Waals surface area (Å²) in [5.41, 5.74) is 6.44. The quantitative estimate of drug-likeness (QED) is 0.409. The maximum absolute atomic E-state index is 12.7. The lowest BCUT2D eigenvalue weighted by Gasteiger charge is -2.32. The Morgan fingerprint density at radius 1 is 0.946 bits per heavy atom. The highest BCUT2D eigenvalue weighted by Gasteiger charge is 2.18. The zero-order chi connectivity index (χ0) is 26.2. The van der Waals surface area contributed by atoms with Crippen molar-refractivity contribution in [3.63, 3.8) is 0 Å². The highest BCUT2D eigenvalue weighted by Crippen LogP contribution is 2.29. The minimum absolute atomic E-state index is 0.187. The molecule has 0 saturated carbocycles. The predicted molar refractivity (Wildman–Crippen MR) is 158 cm³/mol. The monoisotopic (exact) mass is 514 g/mol. The largest absolute Gasteiger partial charge is 0.318 e. The number of hydrogen-bond donors (Lipinski definition) is 1. The Bertz CT molecular complexity index is 1190. The molecule has 0 radical (unpaired) electrons. The molecule has 0 aliphatic carbocycles. The van der Waals surface area contributed by atoms with E-state index in [1.807, 2.05) is 23.1 Å². The van der Waals surface area contributed by atoms with Crippen molar-refractivity contribution in [2.24, 2.45) is 0 Å². The van der Waals surface area contributed by atoms with Crippen LogP contribution in [0, 0.1) is 6.92 Å². The van der Waals surface area contributed by atoms with Gasteiger partial charge in [-0.05, 0) is 79.5 Å². The van der Waals surface area contributed by atoms with E-state index in [-0.39, 0.29) is 5.91 Å². The zero-order valence-corrected chi connectivity index (χ0v) is 23.1. The van der Waals surface area contributed by atoms with Gasteiger partial charge in [-0.3, -0.25) is 10.1 Å². The van der Waals surface area contributed by atoms with Crippen molar-refractivity contribution in [2.45, 2.75) is 26.7 Å². The summed E-state index contributed by atoms with van der Waals surface area (Å²) in [4.78, 5) is 19.7. The molecule has 194 valence electrons. The van der Waals surface area contributed by atoms with Crippen LogP contribution in [0.5, 0.6) is 0 Å². The van der Waals surface area contributed by atoms with Gasteiger partial charge in [0.25, 0.3) is 5.91 Å². The second-order valence-corrected chi connectivity index (χ2v) is 10.3. The van der Waals surface area contributed by atoms with E-state index >= 15 is 0 Å². The molecule has 1 amide bonds. The van der Waals surface area contributed by atoms with E-state index in [2.05, 4.69) is 78.5 Å². The molecule has 1 fully saturated rings. The van der Waals surface area contributed by atoms with Gasteiger partial charge < -0.3 is 14.7 Å². The summed E-state index contributed by atoms with van der Waals surface area (Å²) in [6, 6.07) is 24.6. The van der Waals surface area contributed by atoms with Gasteiger partial charge in [-0.25, -0.2) is 0 Å². The van der Waals surface area contributed by atoms with Crippen molar-refractivity contribution in [3.05, 3.63) is 89.5 Å². The Hall–Kier alpha value is -3.06. The number of carbonyl (C=O) groups is 1. The smallest absolute Gasteiger partial charge is 0.257 e. The summed E-state index contributed by atoms with van der Waals surface area (Å²) in [6.45, 7) is 10.7. The number of nitrogens with zero attached hydrogens (tertiary/aromatic N) is 3. The number of amides is 1. The maximum atomic E-state index is 12.7. The van der Waals surface area contributed by atoms with Gasteiger partial charge in [0.2, 0.25) is 0 Å². The van der Waals surface area contributed by atoms with Gasteiger partial charge in [-0.15, -0.1) is 0 Å². The van der Waals surface area contributed by atoms with Crippen LogP contribution in [-0.4, -0.2) is 67.1 Å². The van der Waals surface area contributed by atoms with E-state index in [1.54, 1.807) is 12.1 Å². The van der Waals surface area contributed by atoms with Gasteiger partial charge in [0.15, 0.2) is 5.11 Å². The third-order valence-electron chi connectivity index (χ3n) is 7.05. The minimum atomic E-state index is -0.187. The molecule has 5 nitrogen and oxygen atoms in total. The van der Waals surface area contributed by atoms with Crippen LogP contribution < -0.4 is 10.2 Å². The van der Waals surface area contributed by atoms with Crippen molar-refractivity contribution < 1.29 is 4.79 Å². The second-order valence-electron chi connectivity index (χ2n) is 9.87. The van der Waals surface area contributed by atoms with Crippen LogP contribution in [0.3, 0.4) is 0 Å². The lowest BCUT2D eigenvalue weighted by atomic mass is 10.00. The molecule has 3 aromatic carbocycles. The van der Waals surface area contributed by atoms with Gasteiger partial charge in [-0.2, -0.15) is 0 Å². The van der Waals surface area contributed by atoms with Gasteiger partial charge in [0.1, 0.15) is 0 Å². The zero-order valence-electron chi connectivity index (χ0n) is 22.2. The number of hydrogen-bond acceptors (Lipinski definition) is 4. The first-order chi connectivity index (χ1) is 17.9. The first-order valence-corrected chi connectivity index (χ1v) is 13.6. The fourth-order valence-electron chi connectivity index (χ4n) is 4.68. The molecule has 0 bridgehead atoms. The summed E-state index contributed by atoms with van der Waals surface area (Å²) in [7, 11) is 2.20. The highest BCUT2D eigenvalue weighted by molar-refractivity contribution is 7.80. The summed E-state index contributed by atoms with van der Waals surface area (Å²) >= 11 is 5.71. The number of carbonyl (C=O) groups excluding carboxylic acids is 1. The van der Waals surface area contributed by atoms with Crippen molar-refractivity contribution in [1.82, 2.24) is 15.1 Å². The van der Waals surface area contributed by atoms with E-state index in [9.17, 15) is 4.79 Å². The molecule has 4 rings (SSSR count). The van der Waals surface area contributed by atoms with Gasteiger partial charge in [0, 0.05) is 50.5 Å². The molecule has 0 unspecified atom stereocenters. The molecule has 0 aromatic heterocycles. The number of thiocarbonyl (C=S) groups is 1. The van der Waals surface area contributed by atoms with Gasteiger partial charge >= 0.3 is 0 Å². The second kappa shape index (κ2) is 13.0. The first-order valence-electron chi connectivity index (χ1n) is 13.2. The standard InChI is InChI=1S/C31H38N4OS/c1-4-17-35(31(37)32-30(36)27-8-6-5-7-9-27)29-23-28(13-10-24(29)2)26-14-11-25(12-15-26)16-18-34-21-19-33(3)20-22-34/h5-15,23H,4,16-22H2,1-3H3,(H,32,36,37). The van der Waals surface area contributed by atoms with Gasteiger partial charge in [0.05, 0.1) is 0 Å². The average Bonchev–Trinajstić information content (AvgIpc) is 2.92. The fraction of sp³-hybridized carbons (Fsp3) is 0.355. The summed E-state index contributed by atoms with van der Waals surface area (Å²) in [5.74, 6) is -0.187. The highest BCUT2D eigenvalue weighted by atomic mass is 32.1. The van der Waals surface area contributed by atoms with Crippen LogP contribution in [-0.2, 0) is 6.42 Å². The molecule has 0 atom stereocenters. The topological polar surface area (TPSA) is 38.8 Å². The average molecular weight is 515 g/mol. The predicted octanol–water partition coefficient (Wildman–Crippen LogP) is 5.38. The maximum Gasteiger partial charge on any atom is 0.257 e. The van der Waals surface area contributed by atoms with Gasteiger partial charge in [-0.1, -0.05) is 61.5 Å². The van der Waals surface area contributed by atoms with Crippen molar-refractivity contribution >= 4 is 28.9 Å². The Morgan fingerprint density at radius 2 is 1.62 bits per heavy atom. The molecule has 37 heavy (non-hydrogen) atoms. The Morgan fingerprint density at radius 3 is 2.30 bits per heavy atom. The number of anilines is 1. The summed E-state index contributed by atoms with van der Waals surface area (Å²) in [6.07, 6.45) is 1.98. The first kappa shape index (κ1) is 27.0. The van der Waals surface area contributed by atoms with E-state index in [1.165, 1.54) is 11.1 Å². The Kier molecular flexibility index (Phi) is 9.45. The number of piperazine rings is 1. The molecule has 1 N–H and O–H groups in total. The normalized spacial score (nSPS) is 14.4. The van der Waals surface area contributed by atoms with Crippen LogP contribution in [0.1, 0.15) is 34.8 Å². The van der Waals surface area contributed by atoms with E-state index < -0.39 is 0 Å². The summed E-state index contributed by atoms with van der Waals surface area (Å²) < 4.78 is 0. The van der Waals surface area contributed by atoms with E-state index in [0.29, 0.717) is 10.7 Å². The molecule has 1 saturated heterocycles. The number of aryl methyl sites for hydroxylation is 1. The molecule has 0 spiro atoms. The SMILES string of the molecule is CCCN(C(=S)NC(=O)c1ccccc1)c1cc(-c2ccc(CCN3CCN(C)CC3)cc2)ccc1C. The molecule has 6 heteroatoms. The number of rotatable bonds is 8. The third-order valence-corrected chi connectivity index (χ3v) is 7.37. The molecule has 1 heterocycles. The van der Waals surface area contributed by atoms with E-state index in [4.69, 9.17) is 12.2 Å². The number of nitrogens with one attached hydrogen (secondary N) is 1. The lowest BCUT2D eigenvalue weighted by Crippen LogP contribution is -2.45. The third kappa shape index (κ3) is 7.25. The Labute approximate surface area is 227 Å². The minimum Gasteiger partial charge on any atom is -0.318 e. The molecule has 1 aliphatic rings. The van der Waals surface area contributed by atoms with Crippen LogP contribution in [0.15, 0.2) is 72.8 Å². The lowest BCUT2D eigenvalue weighted by molar-refractivity contribution is 0.0977. The van der Waals surface area contributed by atoms with Crippen LogP contribution in [0.25, 0.3) is 11.1 Å². The fourth-order valence-corrected chi connectivity index (χ4v) is 4.97. The van der Waals surface area contributed by atoms with Crippen molar-refractivity contribution in [2.75, 3.05) is 51.2 Å². The van der Waals surface area contributed by atoms with Crippen molar-refractivity contribution in [3.8, 4) is 11.1 Å². The van der Waals surface area contributed by atoms with Crippen LogP contribution in [0.2, 0.25) is 0 Å². The molecular formula is C31H38N4OS. The number of likely N-dealkylation sites (N-methyl/N-ethyl adjacent to an activating group) is 1. The van der Waals surface area contributed by atoms with E-state index in [0.717, 1.165) is 68.9 Å². The molecule has 3 aromatic rings. The van der Waals surface area contributed by atoms with Crippen molar-refractivity contribution in [1.29, 1.82) is 0 Å².